The van der Waals surface area contributed by atoms with Crippen LogP contribution in [0.3, 0.4) is 0 Å². The third-order valence-electron chi connectivity index (χ3n) is 3.27. The van der Waals surface area contributed by atoms with Crippen molar-refractivity contribution in [2.75, 3.05) is 13.2 Å². The molecule has 0 radical (unpaired) electrons. The summed E-state index contributed by atoms with van der Waals surface area (Å²) in [4.78, 5) is 4.09. The molecule has 0 bridgehead atoms. The number of aliphatic hydroxyl groups excluding tert-OH is 1. The maximum absolute atomic E-state index is 9.92. The van der Waals surface area contributed by atoms with Crippen molar-refractivity contribution in [3.05, 3.63) is 66.0 Å². The molecular formula is C17H22N2O2. The van der Waals surface area contributed by atoms with E-state index in [1.54, 1.807) is 6.20 Å². The van der Waals surface area contributed by atoms with E-state index in [0.717, 1.165) is 11.1 Å². The molecule has 2 atom stereocenters. The second-order valence-corrected chi connectivity index (χ2v) is 5.07. The fraction of sp³-hybridized carbons (Fsp3) is 0.353. The molecule has 4 heteroatoms. The lowest BCUT2D eigenvalue weighted by molar-refractivity contribution is 0.0278. The van der Waals surface area contributed by atoms with Crippen LogP contribution in [0.1, 0.15) is 24.1 Å². The van der Waals surface area contributed by atoms with Crippen LogP contribution in [0.25, 0.3) is 0 Å². The number of hydrogen-bond acceptors (Lipinski definition) is 4. The second-order valence-electron chi connectivity index (χ2n) is 5.07. The lowest BCUT2D eigenvalue weighted by Gasteiger charge is -2.17. The summed E-state index contributed by atoms with van der Waals surface area (Å²) in [6.45, 7) is 3.39. The maximum Gasteiger partial charge on any atom is 0.0898 e. The summed E-state index contributed by atoms with van der Waals surface area (Å²) in [5.41, 5.74) is 2.22. The highest BCUT2D eigenvalue weighted by molar-refractivity contribution is 5.13. The van der Waals surface area contributed by atoms with E-state index in [4.69, 9.17) is 4.74 Å². The van der Waals surface area contributed by atoms with Gasteiger partial charge in [0.25, 0.3) is 0 Å². The van der Waals surface area contributed by atoms with Gasteiger partial charge in [0, 0.05) is 25.0 Å². The molecule has 2 rings (SSSR count). The van der Waals surface area contributed by atoms with Crippen LogP contribution in [0.2, 0.25) is 0 Å². The number of rotatable bonds is 8. The van der Waals surface area contributed by atoms with Gasteiger partial charge in [0.15, 0.2) is 0 Å². The van der Waals surface area contributed by atoms with Crippen molar-refractivity contribution in [2.45, 2.75) is 25.7 Å². The van der Waals surface area contributed by atoms with Gasteiger partial charge in [-0.2, -0.15) is 0 Å². The number of aromatic nitrogens is 1. The molecule has 0 amide bonds. The number of benzene rings is 1. The molecule has 2 N–H and O–H groups in total. The van der Waals surface area contributed by atoms with Crippen molar-refractivity contribution in [3.63, 3.8) is 0 Å². The fourth-order valence-corrected chi connectivity index (χ4v) is 2.01. The molecular weight excluding hydrogens is 264 g/mol. The van der Waals surface area contributed by atoms with E-state index in [-0.39, 0.29) is 6.04 Å². The average molecular weight is 286 g/mol. The first-order chi connectivity index (χ1) is 10.3. The molecule has 0 aliphatic carbocycles. The molecule has 21 heavy (non-hydrogen) atoms. The molecule has 1 aromatic carbocycles. The van der Waals surface area contributed by atoms with Crippen molar-refractivity contribution in [1.29, 1.82) is 0 Å². The summed E-state index contributed by atoms with van der Waals surface area (Å²) in [6.07, 6.45) is 3.06. The third-order valence-corrected chi connectivity index (χ3v) is 3.27. The summed E-state index contributed by atoms with van der Waals surface area (Å²) in [5, 5.41) is 13.2. The van der Waals surface area contributed by atoms with E-state index in [1.807, 2.05) is 48.7 Å². The second kappa shape index (κ2) is 8.52. The number of aliphatic hydroxyl groups is 1. The van der Waals surface area contributed by atoms with Crippen molar-refractivity contribution < 1.29 is 9.84 Å². The van der Waals surface area contributed by atoms with E-state index < -0.39 is 6.10 Å². The largest absolute Gasteiger partial charge is 0.389 e. The number of hydrogen-bond donors (Lipinski definition) is 2. The SMILES string of the molecule is CC(NCC(O)COCc1ccccc1)c1cccnc1. The highest BCUT2D eigenvalue weighted by atomic mass is 16.5. The average Bonchev–Trinajstić information content (AvgIpc) is 2.54. The number of nitrogens with one attached hydrogen (secondary N) is 1. The predicted molar refractivity (Wildman–Crippen MR) is 82.8 cm³/mol. The smallest absolute Gasteiger partial charge is 0.0898 e. The lowest BCUT2D eigenvalue weighted by atomic mass is 10.1. The standard InChI is InChI=1S/C17H22N2O2/c1-14(16-8-5-9-18-10-16)19-11-17(20)13-21-12-15-6-3-2-4-7-15/h2-10,14,17,19-20H,11-13H2,1H3. The highest BCUT2D eigenvalue weighted by Gasteiger charge is 2.09. The van der Waals surface area contributed by atoms with Crippen LogP contribution in [0.15, 0.2) is 54.9 Å². The van der Waals surface area contributed by atoms with Crippen molar-refractivity contribution in [3.8, 4) is 0 Å². The van der Waals surface area contributed by atoms with Gasteiger partial charge in [-0.15, -0.1) is 0 Å². The first kappa shape index (κ1) is 15.6. The molecule has 112 valence electrons. The summed E-state index contributed by atoms with van der Waals surface area (Å²) < 4.78 is 5.52. The quantitative estimate of drug-likeness (QED) is 0.782. The molecule has 0 aliphatic rings. The Hall–Kier alpha value is -1.75. The first-order valence-corrected chi connectivity index (χ1v) is 7.18. The molecule has 0 saturated carbocycles. The Morgan fingerprint density at radius 2 is 2.00 bits per heavy atom. The van der Waals surface area contributed by atoms with E-state index in [9.17, 15) is 5.11 Å². The minimum atomic E-state index is -0.521. The highest BCUT2D eigenvalue weighted by Crippen LogP contribution is 2.09. The van der Waals surface area contributed by atoms with Gasteiger partial charge in [-0.3, -0.25) is 4.98 Å². The minimum Gasteiger partial charge on any atom is -0.389 e. The molecule has 0 aliphatic heterocycles. The predicted octanol–water partition coefficient (Wildman–Crippen LogP) is 2.31. The van der Waals surface area contributed by atoms with Crippen LogP contribution in [0, 0.1) is 0 Å². The lowest BCUT2D eigenvalue weighted by Crippen LogP contribution is -2.32. The van der Waals surface area contributed by atoms with Gasteiger partial charge in [-0.1, -0.05) is 36.4 Å². The summed E-state index contributed by atoms with van der Waals surface area (Å²) >= 11 is 0. The molecule has 1 heterocycles. The number of pyridine rings is 1. The summed E-state index contributed by atoms with van der Waals surface area (Å²) in [7, 11) is 0. The van der Waals surface area contributed by atoms with Gasteiger partial charge >= 0.3 is 0 Å². The molecule has 0 fully saturated rings. The minimum absolute atomic E-state index is 0.155. The van der Waals surface area contributed by atoms with Gasteiger partial charge in [-0.05, 0) is 24.1 Å². The number of ether oxygens (including phenoxy) is 1. The van der Waals surface area contributed by atoms with Crippen molar-refractivity contribution in [1.82, 2.24) is 10.3 Å². The molecule has 4 nitrogen and oxygen atoms in total. The molecule has 2 aromatic rings. The van der Waals surface area contributed by atoms with E-state index >= 15 is 0 Å². The van der Waals surface area contributed by atoms with E-state index in [1.165, 1.54) is 0 Å². The van der Waals surface area contributed by atoms with Crippen LogP contribution in [0.5, 0.6) is 0 Å². The monoisotopic (exact) mass is 286 g/mol. The Bertz CT molecular complexity index is 505. The Labute approximate surface area is 125 Å². The van der Waals surface area contributed by atoms with Crippen molar-refractivity contribution >= 4 is 0 Å². The molecule has 0 saturated heterocycles. The maximum atomic E-state index is 9.92. The molecule has 0 spiro atoms. The van der Waals surface area contributed by atoms with Crippen LogP contribution in [0.4, 0.5) is 0 Å². The van der Waals surface area contributed by atoms with Gasteiger partial charge in [0.1, 0.15) is 0 Å². The first-order valence-electron chi connectivity index (χ1n) is 7.18. The van der Waals surface area contributed by atoms with Crippen molar-refractivity contribution in [2.24, 2.45) is 0 Å². The molecule has 1 aromatic heterocycles. The Balaban J connectivity index is 1.64. The van der Waals surface area contributed by atoms with Gasteiger partial charge < -0.3 is 15.2 Å². The Morgan fingerprint density at radius 1 is 1.19 bits per heavy atom. The van der Waals surface area contributed by atoms with E-state index in [0.29, 0.717) is 19.8 Å². The fourth-order valence-electron chi connectivity index (χ4n) is 2.01. The van der Waals surface area contributed by atoms with Crippen LogP contribution < -0.4 is 5.32 Å². The van der Waals surface area contributed by atoms with E-state index in [2.05, 4.69) is 17.2 Å². The topological polar surface area (TPSA) is 54.4 Å². The van der Waals surface area contributed by atoms with Gasteiger partial charge in [-0.25, -0.2) is 0 Å². The zero-order valence-corrected chi connectivity index (χ0v) is 12.3. The number of nitrogens with zero attached hydrogens (tertiary/aromatic N) is 1. The molecule has 2 unspecified atom stereocenters. The zero-order valence-electron chi connectivity index (χ0n) is 12.3. The van der Waals surface area contributed by atoms with Crippen LogP contribution in [-0.4, -0.2) is 29.3 Å². The zero-order chi connectivity index (χ0) is 14.9. The van der Waals surface area contributed by atoms with Gasteiger partial charge in [0.05, 0.1) is 19.3 Å². The van der Waals surface area contributed by atoms with Crippen LogP contribution >= 0.6 is 0 Å². The summed E-state index contributed by atoms with van der Waals surface area (Å²) in [6, 6.07) is 14.0. The third kappa shape index (κ3) is 5.63. The Morgan fingerprint density at radius 3 is 2.71 bits per heavy atom. The van der Waals surface area contributed by atoms with Crippen LogP contribution in [-0.2, 0) is 11.3 Å². The Kier molecular flexibility index (Phi) is 6.34. The summed E-state index contributed by atoms with van der Waals surface area (Å²) in [5.74, 6) is 0. The normalized spacial score (nSPS) is 13.8. The van der Waals surface area contributed by atoms with Gasteiger partial charge in [0.2, 0.25) is 0 Å².